The van der Waals surface area contributed by atoms with Crippen molar-refractivity contribution in [1.82, 2.24) is 0 Å². The van der Waals surface area contributed by atoms with Gasteiger partial charge in [-0.25, -0.2) is 0 Å². The van der Waals surface area contributed by atoms with Crippen LogP contribution in [0.5, 0.6) is 0 Å². The minimum Gasteiger partial charge on any atom is -0.298 e. The maximum atomic E-state index is 10.3. The zero-order valence-corrected chi connectivity index (χ0v) is 7.29. The first-order valence-electron chi connectivity index (χ1n) is 3.63. The molecule has 0 radical (unpaired) electrons. The molecule has 60 valence electrons. The zero-order chi connectivity index (χ0) is 8.69. The third kappa shape index (κ3) is 5.34. The topological polar surface area (TPSA) is 17.1 Å². The predicted molar refractivity (Wildman–Crippen MR) is 48.4 cm³/mol. The second kappa shape index (κ2) is 5.66. The van der Waals surface area contributed by atoms with E-state index in [0.29, 0.717) is 5.57 Å². The second-order valence-corrected chi connectivity index (χ2v) is 2.51. The molecule has 11 heavy (non-hydrogen) atoms. The van der Waals surface area contributed by atoms with Crippen molar-refractivity contribution in [2.24, 2.45) is 0 Å². The largest absolute Gasteiger partial charge is 0.298 e. The SMILES string of the molecule is C/C=C(C=O)\C=C/C=C(C)C. The Hall–Kier alpha value is -1.11. The van der Waals surface area contributed by atoms with Gasteiger partial charge in [0.15, 0.2) is 0 Å². The molecular weight excluding hydrogens is 136 g/mol. The third-order valence-electron chi connectivity index (χ3n) is 1.19. The summed E-state index contributed by atoms with van der Waals surface area (Å²) in [5.74, 6) is 0. The average Bonchev–Trinajstić information content (AvgIpc) is 1.98. The quantitative estimate of drug-likeness (QED) is 0.343. The standard InChI is InChI=1S/C10H14O/c1-4-10(8-11)7-5-6-9(2)3/h4-8H,1-3H3/b7-5-,10-4+. The highest BCUT2D eigenvalue weighted by Gasteiger charge is 1.81. The van der Waals surface area contributed by atoms with Crippen molar-refractivity contribution >= 4 is 6.29 Å². The molecule has 1 nitrogen and oxygen atoms in total. The van der Waals surface area contributed by atoms with Gasteiger partial charge in [-0.05, 0) is 20.8 Å². The van der Waals surface area contributed by atoms with E-state index in [2.05, 4.69) is 0 Å². The molecule has 0 aromatic heterocycles. The van der Waals surface area contributed by atoms with Crippen molar-refractivity contribution in [3.05, 3.63) is 35.5 Å². The van der Waals surface area contributed by atoms with E-state index in [1.807, 2.05) is 32.9 Å². The monoisotopic (exact) mass is 150 g/mol. The van der Waals surface area contributed by atoms with E-state index in [0.717, 1.165) is 6.29 Å². The Labute approximate surface area is 68.1 Å². The fourth-order valence-electron chi connectivity index (χ4n) is 0.555. The van der Waals surface area contributed by atoms with E-state index in [4.69, 9.17) is 0 Å². The molecule has 0 spiro atoms. The number of hydrogen-bond donors (Lipinski definition) is 0. The van der Waals surface area contributed by atoms with E-state index in [-0.39, 0.29) is 0 Å². The van der Waals surface area contributed by atoms with Crippen LogP contribution in [0.25, 0.3) is 0 Å². The molecule has 0 saturated heterocycles. The highest BCUT2D eigenvalue weighted by molar-refractivity contribution is 5.77. The van der Waals surface area contributed by atoms with Crippen molar-refractivity contribution < 1.29 is 4.79 Å². The molecule has 0 bridgehead atoms. The molecule has 0 saturated carbocycles. The van der Waals surface area contributed by atoms with Crippen LogP contribution in [0.1, 0.15) is 20.8 Å². The van der Waals surface area contributed by atoms with E-state index >= 15 is 0 Å². The first-order chi connectivity index (χ1) is 5.20. The fourth-order valence-corrected chi connectivity index (χ4v) is 0.555. The highest BCUT2D eigenvalue weighted by atomic mass is 16.1. The molecule has 0 heterocycles. The minimum absolute atomic E-state index is 0.711. The molecule has 0 aliphatic rings. The van der Waals surface area contributed by atoms with E-state index in [9.17, 15) is 4.79 Å². The zero-order valence-electron chi connectivity index (χ0n) is 7.29. The van der Waals surface area contributed by atoms with Crippen molar-refractivity contribution in [2.45, 2.75) is 20.8 Å². The third-order valence-corrected chi connectivity index (χ3v) is 1.19. The molecular formula is C10H14O. The molecule has 0 amide bonds. The normalized spacial score (nSPS) is 11.7. The van der Waals surface area contributed by atoms with E-state index in [1.54, 1.807) is 12.2 Å². The van der Waals surface area contributed by atoms with Crippen molar-refractivity contribution in [3.63, 3.8) is 0 Å². The van der Waals surface area contributed by atoms with Crippen molar-refractivity contribution in [3.8, 4) is 0 Å². The van der Waals surface area contributed by atoms with Gasteiger partial charge in [-0.3, -0.25) is 4.79 Å². The number of rotatable bonds is 3. The van der Waals surface area contributed by atoms with Crippen LogP contribution < -0.4 is 0 Å². The Morgan fingerprint density at radius 1 is 1.27 bits per heavy atom. The lowest BCUT2D eigenvalue weighted by Gasteiger charge is -1.85. The molecule has 0 aliphatic carbocycles. The van der Waals surface area contributed by atoms with Crippen LogP contribution in [-0.2, 0) is 4.79 Å². The van der Waals surface area contributed by atoms with Gasteiger partial charge in [0.2, 0.25) is 0 Å². The summed E-state index contributed by atoms with van der Waals surface area (Å²) in [6.45, 7) is 5.87. The Balaban J connectivity index is 4.12. The van der Waals surface area contributed by atoms with Gasteiger partial charge in [0, 0.05) is 5.57 Å². The van der Waals surface area contributed by atoms with Crippen LogP contribution in [0.3, 0.4) is 0 Å². The summed E-state index contributed by atoms with van der Waals surface area (Å²) in [7, 11) is 0. The fraction of sp³-hybridized carbons (Fsp3) is 0.300. The minimum atomic E-state index is 0.711. The second-order valence-electron chi connectivity index (χ2n) is 2.51. The molecule has 0 rings (SSSR count). The van der Waals surface area contributed by atoms with Gasteiger partial charge in [-0.2, -0.15) is 0 Å². The van der Waals surface area contributed by atoms with Gasteiger partial charge < -0.3 is 0 Å². The number of allylic oxidation sites excluding steroid dienone is 6. The summed E-state index contributed by atoms with van der Waals surface area (Å²) in [6, 6.07) is 0. The van der Waals surface area contributed by atoms with Crippen LogP contribution in [0.15, 0.2) is 35.5 Å². The van der Waals surface area contributed by atoms with Crippen molar-refractivity contribution in [1.29, 1.82) is 0 Å². The summed E-state index contributed by atoms with van der Waals surface area (Å²) >= 11 is 0. The smallest absolute Gasteiger partial charge is 0.149 e. The predicted octanol–water partition coefficient (Wildman–Crippen LogP) is 2.65. The van der Waals surface area contributed by atoms with Crippen LogP contribution in [0.2, 0.25) is 0 Å². The Morgan fingerprint density at radius 3 is 2.27 bits per heavy atom. The van der Waals surface area contributed by atoms with Gasteiger partial charge in [0.05, 0.1) is 0 Å². The Bertz CT molecular complexity index is 203. The molecule has 0 aromatic rings. The Morgan fingerprint density at radius 2 is 1.91 bits per heavy atom. The summed E-state index contributed by atoms with van der Waals surface area (Å²) in [5.41, 5.74) is 1.94. The summed E-state index contributed by atoms with van der Waals surface area (Å²) in [6.07, 6.45) is 8.25. The molecule has 0 unspecified atom stereocenters. The van der Waals surface area contributed by atoms with Gasteiger partial charge in [-0.15, -0.1) is 0 Å². The number of carbonyl (C=O) groups is 1. The van der Waals surface area contributed by atoms with Crippen LogP contribution >= 0.6 is 0 Å². The van der Waals surface area contributed by atoms with Gasteiger partial charge >= 0.3 is 0 Å². The first kappa shape index (κ1) is 9.89. The lowest BCUT2D eigenvalue weighted by molar-refractivity contribution is -0.104. The molecule has 1 heteroatoms. The van der Waals surface area contributed by atoms with Gasteiger partial charge in [0.25, 0.3) is 0 Å². The summed E-state index contributed by atoms with van der Waals surface area (Å²) in [4.78, 5) is 10.3. The lowest BCUT2D eigenvalue weighted by atomic mass is 10.2. The Kier molecular flexibility index (Phi) is 5.09. The number of hydrogen-bond acceptors (Lipinski definition) is 1. The number of aldehydes is 1. The van der Waals surface area contributed by atoms with E-state index < -0.39 is 0 Å². The molecule has 0 fully saturated rings. The molecule has 0 aromatic carbocycles. The highest BCUT2D eigenvalue weighted by Crippen LogP contribution is 1.94. The average molecular weight is 150 g/mol. The van der Waals surface area contributed by atoms with Gasteiger partial charge in [-0.1, -0.05) is 29.9 Å². The maximum Gasteiger partial charge on any atom is 0.149 e. The van der Waals surface area contributed by atoms with Crippen LogP contribution in [0, 0.1) is 0 Å². The van der Waals surface area contributed by atoms with E-state index in [1.165, 1.54) is 5.57 Å². The van der Waals surface area contributed by atoms with Crippen molar-refractivity contribution in [2.75, 3.05) is 0 Å². The first-order valence-corrected chi connectivity index (χ1v) is 3.63. The van der Waals surface area contributed by atoms with Crippen LogP contribution in [0.4, 0.5) is 0 Å². The maximum absolute atomic E-state index is 10.3. The summed E-state index contributed by atoms with van der Waals surface area (Å²) < 4.78 is 0. The van der Waals surface area contributed by atoms with Gasteiger partial charge in [0.1, 0.15) is 6.29 Å². The molecule has 0 N–H and O–H groups in total. The molecule has 0 aliphatic heterocycles. The number of carbonyl (C=O) groups excluding carboxylic acids is 1. The van der Waals surface area contributed by atoms with Crippen LogP contribution in [-0.4, -0.2) is 6.29 Å². The molecule has 0 atom stereocenters. The summed E-state index contributed by atoms with van der Waals surface area (Å²) in [5, 5.41) is 0. The lowest BCUT2D eigenvalue weighted by Crippen LogP contribution is -1.75.